The lowest BCUT2D eigenvalue weighted by Crippen LogP contribution is -2.18. The van der Waals surface area contributed by atoms with Gasteiger partial charge in [0.1, 0.15) is 23.1 Å². The molecule has 1 aromatic heterocycles. The van der Waals surface area contributed by atoms with E-state index in [-0.39, 0.29) is 17.3 Å². The second kappa shape index (κ2) is 11.7. The molecule has 0 atom stereocenters. The molecule has 166 valence electrons. The van der Waals surface area contributed by atoms with Gasteiger partial charge in [-0.2, -0.15) is 8.78 Å². The van der Waals surface area contributed by atoms with Gasteiger partial charge in [-0.1, -0.05) is 26.0 Å². The van der Waals surface area contributed by atoms with Crippen molar-refractivity contribution in [3.63, 3.8) is 0 Å². The zero-order chi connectivity index (χ0) is 22.8. The molecular formula is C22H26F3N5O. The zero-order valence-electron chi connectivity index (χ0n) is 17.5. The third-order valence-electron chi connectivity index (χ3n) is 4.37. The molecule has 1 aliphatic heterocycles. The van der Waals surface area contributed by atoms with Crippen LogP contribution < -0.4 is 15.4 Å². The van der Waals surface area contributed by atoms with Gasteiger partial charge in [-0.05, 0) is 36.6 Å². The number of nitrogens with two attached hydrogens (primary N) is 1. The summed E-state index contributed by atoms with van der Waals surface area (Å²) in [4.78, 5) is 10.3. The summed E-state index contributed by atoms with van der Waals surface area (Å²) in [5, 5.41) is 7.58. The predicted octanol–water partition coefficient (Wildman–Crippen LogP) is 5.17. The van der Waals surface area contributed by atoms with Gasteiger partial charge in [0, 0.05) is 30.9 Å². The lowest BCUT2D eigenvalue weighted by atomic mass is 10.1. The number of aromatic nitrogens is 1. The number of allylic oxidation sites excluding steroid dienone is 1. The third kappa shape index (κ3) is 6.84. The Labute approximate surface area is 179 Å². The fourth-order valence-corrected chi connectivity index (χ4v) is 2.99. The highest BCUT2D eigenvalue weighted by atomic mass is 19.3. The molecule has 31 heavy (non-hydrogen) atoms. The molecule has 0 radical (unpaired) electrons. The number of nitrogens with one attached hydrogen (secondary N) is 1. The Morgan fingerprint density at radius 2 is 1.87 bits per heavy atom. The third-order valence-corrected chi connectivity index (χ3v) is 4.37. The van der Waals surface area contributed by atoms with Crippen LogP contribution in [0.25, 0.3) is 5.57 Å². The number of aliphatic imine (C=N–C) groups is 1. The fourth-order valence-electron chi connectivity index (χ4n) is 2.99. The highest BCUT2D eigenvalue weighted by Gasteiger charge is 2.15. The first kappa shape index (κ1) is 23.9. The molecule has 3 rings (SSSR count). The van der Waals surface area contributed by atoms with Crippen molar-refractivity contribution in [3.05, 3.63) is 54.0 Å². The van der Waals surface area contributed by atoms with Crippen LogP contribution in [-0.2, 0) is 0 Å². The lowest BCUT2D eigenvalue weighted by Gasteiger charge is -2.16. The maximum Gasteiger partial charge on any atom is 0.387 e. The molecular weight excluding hydrogens is 407 g/mol. The quantitative estimate of drug-likeness (QED) is 0.466. The van der Waals surface area contributed by atoms with Crippen LogP contribution in [0.1, 0.15) is 32.3 Å². The second-order valence-corrected chi connectivity index (χ2v) is 6.37. The first-order valence-electron chi connectivity index (χ1n) is 9.98. The molecule has 1 saturated heterocycles. The van der Waals surface area contributed by atoms with E-state index < -0.39 is 12.4 Å². The largest absolute Gasteiger partial charge is 0.435 e. The van der Waals surface area contributed by atoms with Crippen molar-refractivity contribution in [1.82, 2.24) is 4.98 Å². The van der Waals surface area contributed by atoms with E-state index in [1.54, 1.807) is 6.07 Å². The van der Waals surface area contributed by atoms with Crippen molar-refractivity contribution in [3.8, 4) is 5.75 Å². The van der Waals surface area contributed by atoms with Crippen molar-refractivity contribution in [1.29, 1.82) is 5.41 Å². The molecule has 1 fully saturated rings. The van der Waals surface area contributed by atoms with Crippen LogP contribution in [0.2, 0.25) is 0 Å². The number of hydrogen-bond acceptors (Lipinski definition) is 5. The fraction of sp³-hybridized carbons (Fsp3) is 0.318. The van der Waals surface area contributed by atoms with Gasteiger partial charge in [-0.3, -0.25) is 0 Å². The molecule has 0 unspecified atom stereocenters. The summed E-state index contributed by atoms with van der Waals surface area (Å²) in [5.74, 6) is 0.0347. The van der Waals surface area contributed by atoms with Gasteiger partial charge in [0.05, 0.1) is 6.20 Å². The monoisotopic (exact) mass is 433 g/mol. The van der Waals surface area contributed by atoms with Crippen molar-refractivity contribution in [2.24, 2.45) is 10.7 Å². The van der Waals surface area contributed by atoms with Crippen LogP contribution >= 0.6 is 0 Å². The number of nitrogens with zero attached hydrogens (tertiary/aromatic N) is 3. The Balaban J connectivity index is 0.00000166. The van der Waals surface area contributed by atoms with Crippen LogP contribution in [-0.4, -0.2) is 36.7 Å². The molecule has 6 nitrogen and oxygen atoms in total. The SMILES string of the molecule is CC.N=C/C(=C\C(N)=Nc1cc(N2CCCC2)ncc1F)c1ccc(OC(F)F)cc1. The van der Waals surface area contributed by atoms with Gasteiger partial charge < -0.3 is 20.8 Å². The molecule has 3 N–H and O–H groups in total. The smallest absolute Gasteiger partial charge is 0.387 e. The van der Waals surface area contributed by atoms with Gasteiger partial charge in [0.25, 0.3) is 0 Å². The Hall–Kier alpha value is -3.36. The molecule has 0 aliphatic carbocycles. The van der Waals surface area contributed by atoms with Gasteiger partial charge >= 0.3 is 6.61 Å². The number of anilines is 1. The molecule has 0 amide bonds. The van der Waals surface area contributed by atoms with Crippen molar-refractivity contribution >= 4 is 29.1 Å². The van der Waals surface area contributed by atoms with Crippen LogP contribution in [0.4, 0.5) is 24.7 Å². The summed E-state index contributed by atoms with van der Waals surface area (Å²) in [6.45, 7) is 2.81. The average molecular weight is 433 g/mol. The van der Waals surface area contributed by atoms with E-state index >= 15 is 0 Å². The molecule has 0 bridgehead atoms. The summed E-state index contributed by atoms with van der Waals surface area (Å²) >= 11 is 0. The molecule has 2 aromatic rings. The summed E-state index contributed by atoms with van der Waals surface area (Å²) in [7, 11) is 0. The van der Waals surface area contributed by atoms with Crippen LogP contribution in [0, 0.1) is 11.2 Å². The van der Waals surface area contributed by atoms with E-state index in [2.05, 4.69) is 19.6 Å². The van der Waals surface area contributed by atoms with Gasteiger partial charge in [0.15, 0.2) is 5.82 Å². The number of alkyl halides is 2. The Morgan fingerprint density at radius 1 is 1.23 bits per heavy atom. The second-order valence-electron chi connectivity index (χ2n) is 6.37. The summed E-state index contributed by atoms with van der Waals surface area (Å²) in [5.41, 5.74) is 6.92. The number of halogens is 3. The number of rotatable bonds is 7. The van der Waals surface area contributed by atoms with E-state index in [1.807, 2.05) is 13.8 Å². The highest BCUT2D eigenvalue weighted by molar-refractivity contribution is 6.16. The molecule has 1 aliphatic rings. The predicted molar refractivity (Wildman–Crippen MR) is 118 cm³/mol. The first-order chi connectivity index (χ1) is 15.0. The van der Waals surface area contributed by atoms with Crippen molar-refractivity contribution in [2.75, 3.05) is 18.0 Å². The van der Waals surface area contributed by atoms with Crippen molar-refractivity contribution in [2.45, 2.75) is 33.3 Å². The van der Waals surface area contributed by atoms with Crippen molar-refractivity contribution < 1.29 is 17.9 Å². The highest BCUT2D eigenvalue weighted by Crippen LogP contribution is 2.25. The van der Waals surface area contributed by atoms with E-state index in [1.165, 1.54) is 30.3 Å². The van der Waals surface area contributed by atoms with E-state index in [4.69, 9.17) is 11.1 Å². The van der Waals surface area contributed by atoms with E-state index in [0.29, 0.717) is 17.0 Å². The normalized spacial score (nSPS) is 14.3. The van der Waals surface area contributed by atoms with Crippen LogP contribution in [0.5, 0.6) is 5.75 Å². The van der Waals surface area contributed by atoms with E-state index in [9.17, 15) is 13.2 Å². The Kier molecular flexibility index (Phi) is 9.05. The maximum absolute atomic E-state index is 14.1. The Morgan fingerprint density at radius 3 is 2.45 bits per heavy atom. The van der Waals surface area contributed by atoms with Crippen LogP contribution in [0.15, 0.2) is 47.6 Å². The average Bonchev–Trinajstić information content (AvgIpc) is 3.30. The Bertz CT molecular complexity index is 923. The zero-order valence-corrected chi connectivity index (χ0v) is 17.5. The van der Waals surface area contributed by atoms with E-state index in [0.717, 1.165) is 38.3 Å². The summed E-state index contributed by atoms with van der Waals surface area (Å²) in [6, 6.07) is 7.29. The summed E-state index contributed by atoms with van der Waals surface area (Å²) in [6.07, 6.45) is 5.69. The molecule has 0 saturated carbocycles. The summed E-state index contributed by atoms with van der Waals surface area (Å²) < 4.78 is 42.9. The lowest BCUT2D eigenvalue weighted by molar-refractivity contribution is -0.0498. The molecule has 2 heterocycles. The van der Waals surface area contributed by atoms with Gasteiger partial charge in [-0.15, -0.1) is 0 Å². The number of amidine groups is 1. The topological polar surface area (TPSA) is 87.6 Å². The number of ether oxygens (including phenoxy) is 1. The van der Waals surface area contributed by atoms with Crippen LogP contribution in [0.3, 0.4) is 0 Å². The minimum absolute atomic E-state index is 0.00279. The minimum Gasteiger partial charge on any atom is -0.435 e. The first-order valence-corrected chi connectivity index (χ1v) is 9.98. The maximum atomic E-state index is 14.1. The molecule has 0 spiro atoms. The molecule has 1 aromatic carbocycles. The minimum atomic E-state index is -2.91. The van der Waals surface area contributed by atoms with Gasteiger partial charge in [0.2, 0.25) is 0 Å². The van der Waals surface area contributed by atoms with Gasteiger partial charge in [-0.25, -0.2) is 14.4 Å². The standard InChI is InChI=1S/C20H20F3N5O.C2H6/c21-16-12-26-19(28-7-1-2-8-28)10-17(16)27-18(25)9-14(11-24)13-3-5-15(6-4-13)29-20(22)23;1-2/h3-6,9-12,20,24H,1-2,7-8H2,(H2,25,26,27);1-2H3/b14-9+,24-11?;. The number of hydrogen-bond donors (Lipinski definition) is 2. The molecule has 9 heteroatoms. The number of benzene rings is 1. The number of pyridine rings is 1.